The molecule has 1 unspecified atom stereocenters. The predicted molar refractivity (Wildman–Crippen MR) is 140 cm³/mol. The van der Waals surface area contributed by atoms with Gasteiger partial charge < -0.3 is 23.7 Å². The van der Waals surface area contributed by atoms with Gasteiger partial charge in [0.1, 0.15) is 11.5 Å². The maximum absolute atomic E-state index is 11.7. The predicted octanol–water partition coefficient (Wildman–Crippen LogP) is 5.69. The average molecular weight is 505 g/mol. The molecule has 4 fully saturated rings. The first-order valence-electron chi connectivity index (χ1n) is 13.1. The van der Waals surface area contributed by atoms with E-state index in [1.807, 2.05) is 25.1 Å². The summed E-state index contributed by atoms with van der Waals surface area (Å²) in [5.74, 6) is 10.1. The summed E-state index contributed by atoms with van der Waals surface area (Å²) in [7, 11) is 4.65. The maximum atomic E-state index is 11.7. The van der Waals surface area contributed by atoms with Crippen LogP contribution >= 0.6 is 0 Å². The van der Waals surface area contributed by atoms with Gasteiger partial charge in [0, 0.05) is 24.3 Å². The first-order chi connectivity index (χ1) is 17.9. The monoisotopic (exact) mass is 504 g/mol. The Hall–Kier alpha value is -3.01. The minimum Gasteiger partial charge on any atom is -0.495 e. The number of esters is 1. The maximum Gasteiger partial charge on any atom is 0.337 e. The molecule has 0 aliphatic heterocycles. The molecule has 37 heavy (non-hydrogen) atoms. The zero-order valence-corrected chi connectivity index (χ0v) is 22.2. The fourth-order valence-corrected chi connectivity index (χ4v) is 7.01. The molecule has 4 aliphatic carbocycles. The summed E-state index contributed by atoms with van der Waals surface area (Å²) in [6, 6.07) is 11.3. The summed E-state index contributed by atoms with van der Waals surface area (Å²) >= 11 is 0. The lowest BCUT2D eigenvalue weighted by Crippen LogP contribution is -2.48. The zero-order valence-electron chi connectivity index (χ0n) is 22.2. The largest absolute Gasteiger partial charge is 0.495 e. The van der Waals surface area contributed by atoms with E-state index in [9.17, 15) is 4.79 Å². The van der Waals surface area contributed by atoms with E-state index in [2.05, 4.69) is 17.9 Å². The molecular weight excluding hydrogens is 468 g/mol. The molecule has 6 heteroatoms. The van der Waals surface area contributed by atoms with Crippen molar-refractivity contribution in [2.24, 2.45) is 17.8 Å². The highest BCUT2D eigenvalue weighted by Crippen LogP contribution is 2.62. The van der Waals surface area contributed by atoms with Gasteiger partial charge in [0.2, 0.25) is 0 Å². The summed E-state index contributed by atoms with van der Waals surface area (Å²) in [4.78, 5) is 11.7. The Morgan fingerprint density at radius 3 is 2.16 bits per heavy atom. The third kappa shape index (κ3) is 5.35. The lowest BCUT2D eigenvalue weighted by atomic mass is 9.48. The van der Waals surface area contributed by atoms with Gasteiger partial charge in [-0.05, 0) is 98.9 Å². The van der Waals surface area contributed by atoms with Gasteiger partial charge in [-0.1, -0.05) is 11.8 Å². The third-order valence-corrected chi connectivity index (χ3v) is 8.41. The van der Waals surface area contributed by atoms with Crippen LogP contribution in [-0.4, -0.2) is 40.4 Å². The van der Waals surface area contributed by atoms with Crippen LogP contribution in [0, 0.1) is 29.6 Å². The lowest BCUT2D eigenvalue weighted by molar-refractivity contribution is -0.150. The van der Waals surface area contributed by atoms with Crippen molar-refractivity contribution in [3.05, 3.63) is 58.7 Å². The van der Waals surface area contributed by atoms with Crippen LogP contribution in [0.15, 0.2) is 36.4 Å². The number of ether oxygens (including phenoxy) is 5. The molecule has 4 aliphatic rings. The molecule has 0 N–H and O–H groups in total. The fraction of sp³-hybridized carbons (Fsp3) is 0.516. The summed E-state index contributed by atoms with van der Waals surface area (Å²) in [6.45, 7) is 1.95. The highest BCUT2D eigenvalue weighted by Gasteiger charge is 2.52. The molecule has 0 aromatic heterocycles. The molecule has 1 atom stereocenters. The van der Waals surface area contributed by atoms with Gasteiger partial charge in [0.25, 0.3) is 0 Å². The highest BCUT2D eigenvalue weighted by atomic mass is 16.7. The van der Waals surface area contributed by atoms with Crippen molar-refractivity contribution in [3.8, 4) is 23.3 Å². The standard InChI is InChI=1S/C31H36O6/c1-20(33-2)36-19-37-29-15-28(34-3)26(10-7-21-5-8-25(9-6-21)30(32)35-4)14-27(29)31-16-22-11-23(17-31)13-24(12-22)18-31/h5-6,8-9,14-15,20,22-24H,11-13,16-19H2,1-4H3. The fourth-order valence-electron chi connectivity index (χ4n) is 7.01. The molecule has 6 nitrogen and oxygen atoms in total. The van der Waals surface area contributed by atoms with Crippen molar-refractivity contribution in [1.29, 1.82) is 0 Å². The Morgan fingerprint density at radius 2 is 1.59 bits per heavy atom. The van der Waals surface area contributed by atoms with E-state index in [-0.39, 0.29) is 24.5 Å². The minimum atomic E-state index is -0.360. The summed E-state index contributed by atoms with van der Waals surface area (Å²) in [5, 5.41) is 0. The van der Waals surface area contributed by atoms with Crippen molar-refractivity contribution in [1.82, 2.24) is 0 Å². The van der Waals surface area contributed by atoms with Crippen molar-refractivity contribution in [3.63, 3.8) is 0 Å². The summed E-state index contributed by atoms with van der Waals surface area (Å²) in [6.07, 6.45) is 7.38. The van der Waals surface area contributed by atoms with Crippen LogP contribution in [0.25, 0.3) is 0 Å². The number of methoxy groups -OCH3 is 3. The van der Waals surface area contributed by atoms with Crippen LogP contribution in [0.2, 0.25) is 0 Å². The molecule has 0 heterocycles. The molecule has 0 radical (unpaired) electrons. The van der Waals surface area contributed by atoms with Gasteiger partial charge >= 0.3 is 5.97 Å². The van der Waals surface area contributed by atoms with Gasteiger partial charge in [0.05, 0.1) is 25.3 Å². The molecule has 0 spiro atoms. The van der Waals surface area contributed by atoms with E-state index in [4.69, 9.17) is 23.7 Å². The van der Waals surface area contributed by atoms with Crippen molar-refractivity contribution in [2.45, 2.75) is 57.2 Å². The topological polar surface area (TPSA) is 63.2 Å². The number of hydrogen-bond donors (Lipinski definition) is 0. The van der Waals surface area contributed by atoms with Gasteiger partial charge in [-0.15, -0.1) is 0 Å². The minimum absolute atomic E-state index is 0.106. The molecule has 2 aromatic rings. The second-order valence-electron chi connectivity index (χ2n) is 10.8. The van der Waals surface area contributed by atoms with Crippen molar-refractivity contribution in [2.75, 3.05) is 28.1 Å². The highest BCUT2D eigenvalue weighted by molar-refractivity contribution is 5.89. The smallest absolute Gasteiger partial charge is 0.337 e. The van der Waals surface area contributed by atoms with E-state index in [1.54, 1.807) is 26.4 Å². The lowest BCUT2D eigenvalue weighted by Gasteiger charge is -2.57. The zero-order chi connectivity index (χ0) is 26.0. The van der Waals surface area contributed by atoms with Crippen LogP contribution in [0.4, 0.5) is 0 Å². The van der Waals surface area contributed by atoms with Crippen LogP contribution in [-0.2, 0) is 19.6 Å². The first kappa shape index (κ1) is 25.6. The van der Waals surface area contributed by atoms with E-state index in [0.717, 1.165) is 34.6 Å². The second kappa shape index (κ2) is 10.8. The number of rotatable bonds is 8. The Balaban J connectivity index is 1.50. The third-order valence-electron chi connectivity index (χ3n) is 8.41. The van der Waals surface area contributed by atoms with Crippen LogP contribution in [0.1, 0.15) is 72.5 Å². The van der Waals surface area contributed by atoms with Crippen LogP contribution in [0.3, 0.4) is 0 Å². The number of carbonyl (C=O) groups excluding carboxylic acids is 1. The van der Waals surface area contributed by atoms with Crippen LogP contribution < -0.4 is 9.47 Å². The van der Waals surface area contributed by atoms with E-state index in [1.165, 1.54) is 51.2 Å². The quantitative estimate of drug-likeness (QED) is 0.261. The molecule has 0 saturated heterocycles. The normalized spacial score (nSPS) is 26.2. The molecular formula is C31H36O6. The average Bonchev–Trinajstić information content (AvgIpc) is 2.90. The summed E-state index contributed by atoms with van der Waals surface area (Å²) < 4.78 is 27.7. The van der Waals surface area contributed by atoms with E-state index < -0.39 is 0 Å². The Kier molecular flexibility index (Phi) is 7.46. The Labute approximate surface area is 219 Å². The SMILES string of the molecule is COC(=O)c1ccc(C#Cc2cc(C34CC5CC(CC(C5)C3)C4)c(OCOC(C)OC)cc2OC)cc1. The second-order valence-corrected chi connectivity index (χ2v) is 10.8. The molecule has 4 saturated carbocycles. The molecule has 2 aromatic carbocycles. The van der Waals surface area contributed by atoms with Gasteiger partial charge in [0.15, 0.2) is 13.1 Å². The number of benzene rings is 2. The van der Waals surface area contributed by atoms with Crippen molar-refractivity contribution >= 4 is 5.97 Å². The van der Waals surface area contributed by atoms with Crippen LogP contribution in [0.5, 0.6) is 11.5 Å². The van der Waals surface area contributed by atoms with E-state index in [0.29, 0.717) is 11.3 Å². The van der Waals surface area contributed by atoms with Gasteiger partial charge in [-0.25, -0.2) is 4.79 Å². The molecule has 6 rings (SSSR count). The molecule has 0 amide bonds. The van der Waals surface area contributed by atoms with E-state index >= 15 is 0 Å². The van der Waals surface area contributed by atoms with Crippen molar-refractivity contribution < 1.29 is 28.5 Å². The number of hydrogen-bond acceptors (Lipinski definition) is 6. The Morgan fingerprint density at radius 1 is 0.946 bits per heavy atom. The van der Waals surface area contributed by atoms with Gasteiger partial charge in [-0.3, -0.25) is 0 Å². The molecule has 4 bridgehead atoms. The number of carbonyl (C=O) groups is 1. The molecule has 196 valence electrons. The summed E-state index contributed by atoms with van der Waals surface area (Å²) in [5.41, 5.74) is 3.49. The van der Waals surface area contributed by atoms with Gasteiger partial charge in [-0.2, -0.15) is 0 Å². The Bertz CT molecular complexity index is 1150. The first-order valence-corrected chi connectivity index (χ1v) is 13.1.